The van der Waals surface area contributed by atoms with Crippen LogP contribution in [0, 0.1) is 5.92 Å². The van der Waals surface area contributed by atoms with Crippen LogP contribution < -0.4 is 5.32 Å². The Morgan fingerprint density at radius 2 is 2.19 bits per heavy atom. The summed E-state index contributed by atoms with van der Waals surface area (Å²) < 4.78 is 5.75. The molecule has 1 aliphatic rings. The summed E-state index contributed by atoms with van der Waals surface area (Å²) >= 11 is 0. The number of carboxylic acids is 1. The highest BCUT2D eigenvalue weighted by molar-refractivity contribution is 5.77. The molecule has 5 heteroatoms. The number of aliphatic carboxylic acids is 1. The summed E-state index contributed by atoms with van der Waals surface area (Å²) in [5.41, 5.74) is 0. The van der Waals surface area contributed by atoms with Crippen LogP contribution in [0.25, 0.3) is 0 Å². The second kappa shape index (κ2) is 6.78. The summed E-state index contributed by atoms with van der Waals surface area (Å²) in [7, 11) is 0. The van der Waals surface area contributed by atoms with E-state index in [0.29, 0.717) is 31.1 Å². The van der Waals surface area contributed by atoms with E-state index >= 15 is 0 Å². The van der Waals surface area contributed by atoms with Gasteiger partial charge in [0.2, 0.25) is 5.91 Å². The molecule has 1 saturated carbocycles. The standard InChI is InChI=1S/C16H23NO4/c1-3-11(9-16(19)20)17-15(18)7-5-12-4-6-14(21-12)13-8-10(13)2/h4,6,10-11,13H,3,5,7-9H2,1-2H3,(H,17,18)(H,19,20). The number of aryl methyl sites for hydroxylation is 1. The third kappa shape index (κ3) is 4.62. The lowest BCUT2D eigenvalue weighted by Gasteiger charge is -2.14. The van der Waals surface area contributed by atoms with Gasteiger partial charge in [-0.1, -0.05) is 13.8 Å². The van der Waals surface area contributed by atoms with E-state index in [-0.39, 0.29) is 18.4 Å². The largest absolute Gasteiger partial charge is 0.481 e. The van der Waals surface area contributed by atoms with Crippen LogP contribution in [0.1, 0.15) is 57.0 Å². The van der Waals surface area contributed by atoms with E-state index in [4.69, 9.17) is 9.52 Å². The van der Waals surface area contributed by atoms with Crippen molar-refractivity contribution in [3.8, 4) is 0 Å². The van der Waals surface area contributed by atoms with E-state index in [9.17, 15) is 9.59 Å². The maximum absolute atomic E-state index is 11.8. The highest BCUT2D eigenvalue weighted by Gasteiger charge is 2.36. The van der Waals surface area contributed by atoms with Gasteiger partial charge in [0.05, 0.1) is 6.42 Å². The number of carbonyl (C=O) groups is 2. The molecule has 1 aromatic rings. The Hall–Kier alpha value is -1.78. The van der Waals surface area contributed by atoms with Crippen LogP contribution in [-0.2, 0) is 16.0 Å². The first-order valence-electron chi connectivity index (χ1n) is 7.59. The van der Waals surface area contributed by atoms with Gasteiger partial charge in [-0.2, -0.15) is 0 Å². The minimum absolute atomic E-state index is 0.0350. The van der Waals surface area contributed by atoms with Gasteiger partial charge in [0.1, 0.15) is 11.5 Å². The third-order valence-corrected chi connectivity index (χ3v) is 4.03. The molecule has 3 atom stereocenters. The number of hydrogen-bond acceptors (Lipinski definition) is 3. The fourth-order valence-corrected chi connectivity index (χ4v) is 2.49. The Bertz CT molecular complexity index is 508. The molecule has 0 radical (unpaired) electrons. The molecule has 2 N–H and O–H groups in total. The van der Waals surface area contributed by atoms with E-state index in [0.717, 1.165) is 11.5 Å². The zero-order valence-electron chi connectivity index (χ0n) is 12.6. The molecule has 21 heavy (non-hydrogen) atoms. The zero-order valence-corrected chi connectivity index (χ0v) is 12.6. The lowest BCUT2D eigenvalue weighted by Crippen LogP contribution is -2.36. The Morgan fingerprint density at radius 3 is 2.76 bits per heavy atom. The Labute approximate surface area is 124 Å². The second-order valence-corrected chi connectivity index (χ2v) is 5.89. The van der Waals surface area contributed by atoms with Gasteiger partial charge in [-0.25, -0.2) is 0 Å². The summed E-state index contributed by atoms with van der Waals surface area (Å²) in [5, 5.41) is 11.5. The zero-order chi connectivity index (χ0) is 15.4. The highest BCUT2D eigenvalue weighted by Crippen LogP contribution is 2.47. The molecule has 0 aliphatic heterocycles. The predicted molar refractivity (Wildman–Crippen MR) is 78.0 cm³/mol. The average molecular weight is 293 g/mol. The van der Waals surface area contributed by atoms with Crippen LogP contribution in [-0.4, -0.2) is 23.0 Å². The lowest BCUT2D eigenvalue weighted by atomic mass is 10.1. The minimum atomic E-state index is -0.892. The number of rotatable bonds is 8. The topological polar surface area (TPSA) is 79.5 Å². The molecular formula is C16H23NO4. The maximum atomic E-state index is 11.8. The Balaban J connectivity index is 1.75. The monoisotopic (exact) mass is 293 g/mol. The smallest absolute Gasteiger partial charge is 0.305 e. The van der Waals surface area contributed by atoms with E-state index in [2.05, 4.69) is 12.2 Å². The van der Waals surface area contributed by atoms with Gasteiger partial charge in [0, 0.05) is 24.8 Å². The predicted octanol–water partition coefficient (Wildman–Crippen LogP) is 2.71. The average Bonchev–Trinajstić information content (AvgIpc) is 2.98. The molecule has 1 fully saturated rings. The van der Waals surface area contributed by atoms with Crippen molar-refractivity contribution in [2.24, 2.45) is 5.92 Å². The van der Waals surface area contributed by atoms with Gasteiger partial charge in [0.15, 0.2) is 0 Å². The first kappa shape index (κ1) is 15.6. The number of furan rings is 1. The molecule has 1 aliphatic carbocycles. The fraction of sp³-hybridized carbons (Fsp3) is 0.625. The summed E-state index contributed by atoms with van der Waals surface area (Å²) in [6.07, 6.45) is 2.63. The summed E-state index contributed by atoms with van der Waals surface area (Å²) in [5.74, 6) is 2.08. The van der Waals surface area contributed by atoms with Gasteiger partial charge in [-0.05, 0) is 30.9 Å². The molecule has 0 spiro atoms. The molecule has 116 valence electrons. The summed E-state index contributed by atoms with van der Waals surface area (Å²) in [6, 6.07) is 3.64. The molecule has 5 nitrogen and oxygen atoms in total. The van der Waals surface area contributed by atoms with Gasteiger partial charge < -0.3 is 14.8 Å². The number of nitrogens with one attached hydrogen (secondary N) is 1. The fourth-order valence-electron chi connectivity index (χ4n) is 2.49. The molecule has 3 unspecified atom stereocenters. The van der Waals surface area contributed by atoms with Crippen molar-refractivity contribution < 1.29 is 19.1 Å². The molecule has 0 bridgehead atoms. The van der Waals surface area contributed by atoms with Gasteiger partial charge in [0.25, 0.3) is 0 Å². The van der Waals surface area contributed by atoms with Crippen molar-refractivity contribution in [2.45, 2.75) is 57.9 Å². The van der Waals surface area contributed by atoms with Crippen molar-refractivity contribution in [1.82, 2.24) is 5.32 Å². The van der Waals surface area contributed by atoms with Crippen molar-refractivity contribution in [2.75, 3.05) is 0 Å². The van der Waals surface area contributed by atoms with Gasteiger partial charge in [-0.3, -0.25) is 9.59 Å². The lowest BCUT2D eigenvalue weighted by molar-refractivity contribution is -0.137. The van der Waals surface area contributed by atoms with Crippen LogP contribution in [0.2, 0.25) is 0 Å². The third-order valence-electron chi connectivity index (χ3n) is 4.03. The van der Waals surface area contributed by atoms with E-state index in [1.807, 2.05) is 19.1 Å². The highest BCUT2D eigenvalue weighted by atomic mass is 16.4. The first-order valence-corrected chi connectivity index (χ1v) is 7.59. The molecule has 0 aromatic carbocycles. The summed E-state index contributed by atoms with van der Waals surface area (Å²) in [4.78, 5) is 22.5. The SMILES string of the molecule is CCC(CC(=O)O)NC(=O)CCc1ccc(C2CC2C)o1. The van der Waals surface area contributed by atoms with Crippen LogP contribution in [0.4, 0.5) is 0 Å². The van der Waals surface area contributed by atoms with Crippen LogP contribution in [0.3, 0.4) is 0 Å². The van der Waals surface area contributed by atoms with Crippen molar-refractivity contribution in [3.05, 3.63) is 23.7 Å². The molecule has 1 aromatic heterocycles. The minimum Gasteiger partial charge on any atom is -0.481 e. The van der Waals surface area contributed by atoms with E-state index in [1.54, 1.807) is 0 Å². The van der Waals surface area contributed by atoms with Gasteiger partial charge >= 0.3 is 5.97 Å². The second-order valence-electron chi connectivity index (χ2n) is 5.89. The molecule has 2 rings (SSSR count). The van der Waals surface area contributed by atoms with Crippen LogP contribution >= 0.6 is 0 Å². The van der Waals surface area contributed by atoms with E-state index in [1.165, 1.54) is 6.42 Å². The molecule has 1 amide bonds. The molecule has 1 heterocycles. The van der Waals surface area contributed by atoms with Crippen LogP contribution in [0.5, 0.6) is 0 Å². The summed E-state index contributed by atoms with van der Waals surface area (Å²) in [6.45, 7) is 4.07. The van der Waals surface area contributed by atoms with Crippen molar-refractivity contribution in [3.63, 3.8) is 0 Å². The Morgan fingerprint density at radius 1 is 1.48 bits per heavy atom. The number of carbonyl (C=O) groups excluding carboxylic acids is 1. The number of carboxylic acid groups (broad SMARTS) is 1. The number of amides is 1. The normalized spacial score (nSPS) is 21.8. The van der Waals surface area contributed by atoms with Crippen molar-refractivity contribution in [1.29, 1.82) is 0 Å². The maximum Gasteiger partial charge on any atom is 0.305 e. The number of hydrogen-bond donors (Lipinski definition) is 2. The quantitative estimate of drug-likeness (QED) is 0.772. The van der Waals surface area contributed by atoms with Crippen molar-refractivity contribution >= 4 is 11.9 Å². The first-order chi connectivity index (χ1) is 9.99. The Kier molecular flexibility index (Phi) is 5.04. The molecule has 0 saturated heterocycles. The van der Waals surface area contributed by atoms with Gasteiger partial charge in [-0.15, -0.1) is 0 Å². The van der Waals surface area contributed by atoms with E-state index < -0.39 is 5.97 Å². The van der Waals surface area contributed by atoms with Crippen LogP contribution in [0.15, 0.2) is 16.5 Å². The molecular weight excluding hydrogens is 270 g/mol.